The van der Waals surface area contributed by atoms with Crippen molar-refractivity contribution in [1.82, 2.24) is 4.98 Å². The Morgan fingerprint density at radius 1 is 1.55 bits per heavy atom. The summed E-state index contributed by atoms with van der Waals surface area (Å²) in [5.74, 6) is 0.178. The summed E-state index contributed by atoms with van der Waals surface area (Å²) in [6.07, 6.45) is 0.366. The zero-order valence-electron chi connectivity index (χ0n) is 10.7. The highest BCUT2D eigenvalue weighted by molar-refractivity contribution is 8.14. The van der Waals surface area contributed by atoms with Gasteiger partial charge in [0.2, 0.25) is 5.91 Å². The Kier molecular flexibility index (Phi) is 3.39. The molecule has 1 N–H and O–H groups in total. The van der Waals surface area contributed by atoms with Crippen LogP contribution in [0.3, 0.4) is 0 Å². The van der Waals surface area contributed by atoms with Crippen molar-refractivity contribution >= 4 is 49.5 Å². The first-order valence-electron chi connectivity index (χ1n) is 6.10. The van der Waals surface area contributed by atoms with Crippen molar-refractivity contribution in [2.45, 2.75) is 18.6 Å². The van der Waals surface area contributed by atoms with Crippen LogP contribution >= 0.6 is 23.1 Å². The molecule has 1 unspecified atom stereocenters. The predicted octanol–water partition coefficient (Wildman–Crippen LogP) is 2.39. The molecule has 1 saturated heterocycles. The highest BCUT2D eigenvalue weighted by Gasteiger charge is 2.33. The van der Waals surface area contributed by atoms with Crippen LogP contribution in [-0.4, -0.2) is 32.9 Å². The van der Waals surface area contributed by atoms with E-state index < -0.39 is 0 Å². The van der Waals surface area contributed by atoms with Gasteiger partial charge in [-0.05, 0) is 18.2 Å². The van der Waals surface area contributed by atoms with Gasteiger partial charge in [-0.1, -0.05) is 23.1 Å². The van der Waals surface area contributed by atoms with Crippen LogP contribution in [0, 0.1) is 0 Å². The highest BCUT2D eigenvalue weighted by atomic mass is 32.2. The molecule has 7 heteroatoms. The maximum absolute atomic E-state index is 12.0. The van der Waals surface area contributed by atoms with Gasteiger partial charge in [0.05, 0.1) is 10.2 Å². The maximum Gasteiger partial charge on any atom is 0.230 e. The van der Waals surface area contributed by atoms with Crippen LogP contribution < -0.4 is 4.90 Å². The summed E-state index contributed by atoms with van der Waals surface area (Å²) >= 11 is 2.58. The lowest BCUT2D eigenvalue weighted by molar-refractivity contribution is -0.117. The molecule has 104 valence electrons. The molecule has 1 aromatic heterocycles. The third-order valence-electron chi connectivity index (χ3n) is 3.01. The Bertz CT molecular complexity index is 698. The van der Waals surface area contributed by atoms with Gasteiger partial charge in [-0.2, -0.15) is 0 Å². The lowest BCUT2D eigenvalue weighted by atomic mass is 10.3. The van der Waals surface area contributed by atoms with Crippen LogP contribution in [0.4, 0.5) is 5.13 Å². The van der Waals surface area contributed by atoms with E-state index in [2.05, 4.69) is 4.98 Å². The molecule has 1 aliphatic rings. The van der Waals surface area contributed by atoms with Crippen LogP contribution in [0.25, 0.3) is 10.2 Å². The summed E-state index contributed by atoms with van der Waals surface area (Å²) in [4.78, 5) is 29.2. The summed E-state index contributed by atoms with van der Waals surface area (Å²) in [7, 11) is 0. The number of nitrogens with zero attached hydrogens (tertiary/aromatic N) is 2. The summed E-state index contributed by atoms with van der Waals surface area (Å²) in [5, 5.41) is 10.1. The molecule has 2 heterocycles. The van der Waals surface area contributed by atoms with E-state index in [1.807, 2.05) is 0 Å². The molecular weight excluding hydrogens is 296 g/mol. The van der Waals surface area contributed by atoms with Crippen molar-refractivity contribution in [2.75, 3.05) is 11.4 Å². The van der Waals surface area contributed by atoms with Gasteiger partial charge in [-0.3, -0.25) is 14.5 Å². The molecule has 3 rings (SSSR count). The van der Waals surface area contributed by atoms with Crippen molar-refractivity contribution in [3.05, 3.63) is 18.2 Å². The third-order valence-corrected chi connectivity index (χ3v) is 5.04. The normalized spacial score (nSPS) is 18.9. The zero-order chi connectivity index (χ0) is 14.3. The van der Waals surface area contributed by atoms with Gasteiger partial charge in [0.25, 0.3) is 0 Å². The number of aromatic nitrogens is 1. The molecule has 0 aliphatic carbocycles. The SMILES string of the molecule is CC(=O)SC1CC(=O)N(c2nc3ccc(O)cc3s2)C1. The van der Waals surface area contributed by atoms with Crippen molar-refractivity contribution in [1.29, 1.82) is 0 Å². The Morgan fingerprint density at radius 2 is 2.35 bits per heavy atom. The number of phenols is 1. The third kappa shape index (κ3) is 2.51. The number of thioether (sulfide) groups is 1. The fourth-order valence-corrected chi connectivity index (χ4v) is 4.13. The number of carbonyl (C=O) groups is 2. The number of rotatable bonds is 2. The first-order valence-corrected chi connectivity index (χ1v) is 7.79. The monoisotopic (exact) mass is 308 g/mol. The molecule has 1 amide bonds. The number of anilines is 1. The Morgan fingerprint density at radius 3 is 3.10 bits per heavy atom. The van der Waals surface area contributed by atoms with Gasteiger partial charge in [-0.15, -0.1) is 0 Å². The van der Waals surface area contributed by atoms with Gasteiger partial charge in [0.15, 0.2) is 10.2 Å². The van der Waals surface area contributed by atoms with Crippen LogP contribution in [0.2, 0.25) is 0 Å². The van der Waals surface area contributed by atoms with E-state index in [1.54, 1.807) is 23.1 Å². The first-order chi connectivity index (χ1) is 9.52. The van der Waals surface area contributed by atoms with E-state index in [1.165, 1.54) is 30.0 Å². The molecule has 1 fully saturated rings. The van der Waals surface area contributed by atoms with E-state index in [0.717, 1.165) is 10.2 Å². The van der Waals surface area contributed by atoms with Crippen LogP contribution in [-0.2, 0) is 9.59 Å². The second-order valence-corrected chi connectivity index (χ2v) is 7.07. The minimum absolute atomic E-state index is 0.000384. The van der Waals surface area contributed by atoms with Gasteiger partial charge >= 0.3 is 0 Å². The summed E-state index contributed by atoms with van der Waals surface area (Å²) < 4.78 is 0.843. The maximum atomic E-state index is 12.0. The average Bonchev–Trinajstić information content (AvgIpc) is 2.91. The lowest BCUT2D eigenvalue weighted by Crippen LogP contribution is -2.24. The predicted molar refractivity (Wildman–Crippen MR) is 80.3 cm³/mol. The summed E-state index contributed by atoms with van der Waals surface area (Å²) in [6, 6.07) is 4.94. The van der Waals surface area contributed by atoms with Crippen LogP contribution in [0.1, 0.15) is 13.3 Å². The number of aromatic hydroxyl groups is 1. The minimum Gasteiger partial charge on any atom is -0.508 e. The molecule has 0 saturated carbocycles. The Hall–Kier alpha value is -1.60. The van der Waals surface area contributed by atoms with E-state index >= 15 is 0 Å². The standard InChI is InChI=1S/C13H12N2O3S2/c1-7(16)19-9-5-12(18)15(6-9)13-14-10-3-2-8(17)4-11(10)20-13/h2-4,9,17H,5-6H2,1H3. The van der Waals surface area contributed by atoms with Gasteiger partial charge in [0.1, 0.15) is 5.75 Å². The molecule has 1 atom stereocenters. The smallest absolute Gasteiger partial charge is 0.230 e. The first kappa shape index (κ1) is 13.4. The van der Waals surface area contributed by atoms with Crippen molar-refractivity contribution in [2.24, 2.45) is 0 Å². The number of thiazole rings is 1. The average molecular weight is 308 g/mol. The van der Waals surface area contributed by atoms with Crippen LogP contribution in [0.15, 0.2) is 18.2 Å². The van der Waals surface area contributed by atoms with Crippen molar-refractivity contribution in [3.8, 4) is 5.75 Å². The Balaban J connectivity index is 1.87. The van der Waals surface area contributed by atoms with E-state index in [9.17, 15) is 14.7 Å². The molecule has 1 aromatic carbocycles. The number of phenolic OH excluding ortho intramolecular Hbond substituents is 1. The number of hydrogen-bond donors (Lipinski definition) is 1. The largest absolute Gasteiger partial charge is 0.508 e. The van der Waals surface area contributed by atoms with E-state index in [0.29, 0.717) is 18.1 Å². The minimum atomic E-state index is -0.00738. The fraction of sp³-hybridized carbons (Fsp3) is 0.308. The van der Waals surface area contributed by atoms with Crippen molar-refractivity contribution in [3.63, 3.8) is 0 Å². The van der Waals surface area contributed by atoms with Gasteiger partial charge < -0.3 is 5.11 Å². The summed E-state index contributed by atoms with van der Waals surface area (Å²) in [5.41, 5.74) is 0.762. The van der Waals surface area contributed by atoms with Crippen LogP contribution in [0.5, 0.6) is 5.75 Å². The molecule has 1 aliphatic heterocycles. The number of fused-ring (bicyclic) bond motifs is 1. The molecule has 2 aromatic rings. The van der Waals surface area contributed by atoms with E-state index in [-0.39, 0.29) is 22.0 Å². The number of carbonyl (C=O) groups excluding carboxylic acids is 2. The second kappa shape index (κ2) is 5.06. The quantitative estimate of drug-likeness (QED) is 0.922. The molecule has 0 spiro atoms. The van der Waals surface area contributed by atoms with E-state index in [4.69, 9.17) is 0 Å². The molecule has 0 bridgehead atoms. The van der Waals surface area contributed by atoms with Crippen molar-refractivity contribution < 1.29 is 14.7 Å². The topological polar surface area (TPSA) is 70.5 Å². The Labute approximate surface area is 123 Å². The second-order valence-electron chi connectivity index (χ2n) is 4.59. The number of hydrogen-bond acceptors (Lipinski definition) is 6. The molecular formula is C13H12N2O3S2. The lowest BCUT2D eigenvalue weighted by Gasteiger charge is -2.11. The zero-order valence-corrected chi connectivity index (χ0v) is 12.3. The van der Waals surface area contributed by atoms with Gasteiger partial charge in [-0.25, -0.2) is 4.98 Å². The number of benzene rings is 1. The molecule has 20 heavy (non-hydrogen) atoms. The fourth-order valence-electron chi connectivity index (χ4n) is 2.19. The molecule has 0 radical (unpaired) electrons. The van der Waals surface area contributed by atoms with Gasteiger partial charge in [0, 0.05) is 25.1 Å². The highest BCUT2D eigenvalue weighted by Crippen LogP contribution is 2.35. The summed E-state index contributed by atoms with van der Waals surface area (Å²) in [6.45, 7) is 2.02. The molecule has 5 nitrogen and oxygen atoms in total. The number of amides is 1.